The third-order valence-electron chi connectivity index (χ3n) is 6.58. The van der Waals surface area contributed by atoms with Gasteiger partial charge in [-0.05, 0) is 50.6 Å². The van der Waals surface area contributed by atoms with Gasteiger partial charge in [0.05, 0.1) is 37.1 Å². The Hall–Kier alpha value is -3.99. The largest absolute Gasteiger partial charge is 0.480 e. The monoisotopic (exact) mass is 507 g/mol. The lowest BCUT2D eigenvalue weighted by Gasteiger charge is -2.38. The lowest BCUT2D eigenvalue weighted by atomic mass is 9.89. The van der Waals surface area contributed by atoms with Crippen LogP contribution in [0.5, 0.6) is 5.88 Å². The highest BCUT2D eigenvalue weighted by Crippen LogP contribution is 2.34. The molecule has 2 atom stereocenters. The highest BCUT2D eigenvalue weighted by molar-refractivity contribution is 6.39. The van der Waals surface area contributed by atoms with Gasteiger partial charge in [-0.3, -0.25) is 19.1 Å². The van der Waals surface area contributed by atoms with Crippen LogP contribution in [0, 0.1) is 5.92 Å². The molecule has 3 N–H and O–H groups in total. The van der Waals surface area contributed by atoms with Gasteiger partial charge in [0.2, 0.25) is 5.88 Å². The van der Waals surface area contributed by atoms with E-state index >= 15 is 0 Å². The average Bonchev–Trinajstić information content (AvgIpc) is 3.29. The van der Waals surface area contributed by atoms with Gasteiger partial charge in [0, 0.05) is 24.7 Å². The third-order valence-corrected chi connectivity index (χ3v) is 6.58. The molecule has 196 valence electrons. The second-order valence-corrected chi connectivity index (χ2v) is 9.77. The molecule has 0 spiro atoms. The molecule has 2 aromatic heterocycles. The number of hydrogen-bond donors (Lipinski definition) is 2. The first-order valence-electron chi connectivity index (χ1n) is 12.2. The lowest BCUT2D eigenvalue weighted by molar-refractivity contribution is -0.146. The number of anilines is 1. The fourth-order valence-electron chi connectivity index (χ4n) is 4.61. The van der Waals surface area contributed by atoms with E-state index in [4.69, 9.17) is 15.6 Å². The summed E-state index contributed by atoms with van der Waals surface area (Å²) >= 11 is 0. The molecule has 0 saturated carbocycles. The predicted octanol–water partition coefficient (Wildman–Crippen LogP) is 2.04. The van der Waals surface area contributed by atoms with Crippen molar-refractivity contribution < 1.29 is 19.1 Å². The summed E-state index contributed by atoms with van der Waals surface area (Å²) in [6, 6.07) is 7.12. The lowest BCUT2D eigenvalue weighted by Crippen LogP contribution is -2.46. The molecule has 1 aliphatic heterocycles. The summed E-state index contributed by atoms with van der Waals surface area (Å²) < 4.78 is 6.96. The maximum Gasteiger partial charge on any atom is 0.313 e. The molecule has 0 bridgehead atoms. The van der Waals surface area contributed by atoms with Crippen LogP contribution in [0.2, 0.25) is 0 Å². The number of nitrogens with two attached hydrogens (primary N) is 1. The SMILES string of the molecule is COc1ncc(NC(=O)C(=O)N2C[C@@H](C)CC[C@@H]2c2ccc3cn(CCN(C)C)nc3c2)cc1C(N)=O. The number of nitrogens with one attached hydrogen (secondary N) is 1. The number of amides is 3. The Bertz CT molecular complexity index is 1320. The van der Waals surface area contributed by atoms with Crippen molar-refractivity contribution in [1.82, 2.24) is 24.6 Å². The predicted molar refractivity (Wildman–Crippen MR) is 139 cm³/mol. The minimum Gasteiger partial charge on any atom is -0.480 e. The highest BCUT2D eigenvalue weighted by Gasteiger charge is 2.34. The number of piperidine rings is 1. The van der Waals surface area contributed by atoms with E-state index in [-0.39, 0.29) is 29.1 Å². The Labute approximate surface area is 215 Å². The van der Waals surface area contributed by atoms with E-state index in [1.807, 2.05) is 43.2 Å². The Balaban J connectivity index is 1.55. The number of carbonyl (C=O) groups excluding carboxylic acids is 3. The number of fused-ring (bicyclic) bond motifs is 1. The summed E-state index contributed by atoms with van der Waals surface area (Å²) in [5, 5.41) is 8.29. The van der Waals surface area contributed by atoms with E-state index in [1.165, 1.54) is 19.4 Å². The number of aromatic nitrogens is 3. The van der Waals surface area contributed by atoms with Crippen LogP contribution in [-0.2, 0) is 16.1 Å². The Kier molecular flexibility index (Phi) is 7.72. The van der Waals surface area contributed by atoms with Crippen molar-refractivity contribution in [3.05, 3.63) is 47.8 Å². The molecule has 1 aliphatic rings. The fourth-order valence-corrected chi connectivity index (χ4v) is 4.61. The van der Waals surface area contributed by atoms with Gasteiger partial charge in [0.25, 0.3) is 5.91 Å². The Morgan fingerprint density at radius 1 is 1.22 bits per heavy atom. The van der Waals surface area contributed by atoms with Gasteiger partial charge < -0.3 is 25.6 Å². The van der Waals surface area contributed by atoms with Gasteiger partial charge >= 0.3 is 11.8 Å². The van der Waals surface area contributed by atoms with Gasteiger partial charge in [0.15, 0.2) is 0 Å². The Morgan fingerprint density at radius 3 is 2.70 bits per heavy atom. The van der Waals surface area contributed by atoms with Crippen molar-refractivity contribution in [2.24, 2.45) is 11.7 Å². The first kappa shape index (κ1) is 26.1. The van der Waals surface area contributed by atoms with Crippen molar-refractivity contribution in [3.8, 4) is 5.88 Å². The number of likely N-dealkylation sites (N-methyl/N-ethyl adjacent to an activating group) is 1. The molecule has 3 amide bonds. The summed E-state index contributed by atoms with van der Waals surface area (Å²) in [5.41, 5.74) is 7.37. The van der Waals surface area contributed by atoms with Crippen molar-refractivity contribution in [1.29, 1.82) is 0 Å². The zero-order valence-corrected chi connectivity index (χ0v) is 21.6. The number of carbonyl (C=O) groups is 3. The van der Waals surface area contributed by atoms with Crippen LogP contribution in [0.3, 0.4) is 0 Å². The summed E-state index contributed by atoms with van der Waals surface area (Å²) in [4.78, 5) is 45.7. The molecule has 1 aromatic carbocycles. The van der Waals surface area contributed by atoms with Crippen molar-refractivity contribution in [2.45, 2.75) is 32.4 Å². The van der Waals surface area contributed by atoms with E-state index in [2.05, 4.69) is 22.1 Å². The smallest absolute Gasteiger partial charge is 0.313 e. The summed E-state index contributed by atoms with van der Waals surface area (Å²) in [6.45, 7) is 4.18. The molecule has 0 unspecified atom stereocenters. The number of rotatable bonds is 7. The first-order chi connectivity index (χ1) is 17.7. The number of benzene rings is 1. The second kappa shape index (κ2) is 11.0. The molecule has 3 aromatic rings. The maximum atomic E-state index is 13.3. The summed E-state index contributed by atoms with van der Waals surface area (Å²) in [7, 11) is 5.41. The van der Waals surface area contributed by atoms with Crippen LogP contribution < -0.4 is 15.8 Å². The fraction of sp³-hybridized carbons (Fsp3) is 0.423. The molecule has 37 heavy (non-hydrogen) atoms. The minimum atomic E-state index is -0.810. The molecule has 0 aliphatic carbocycles. The standard InChI is InChI=1S/C26H33N7O4/c1-16-5-8-22(17-6-7-18-15-32(10-9-31(2)3)30-21(18)11-17)33(14-16)26(36)24(35)29-19-12-20(23(27)34)25(37-4)28-13-19/h6-7,11-13,15-16,22H,5,8-10,14H2,1-4H3,(H2,27,34)(H,29,35)/t16-,22+/m0/s1. The number of methoxy groups -OCH3 is 1. The van der Waals surface area contributed by atoms with Crippen molar-refractivity contribution >= 4 is 34.3 Å². The van der Waals surface area contributed by atoms with Gasteiger partial charge in [-0.1, -0.05) is 19.1 Å². The number of nitrogens with zero attached hydrogens (tertiary/aromatic N) is 5. The normalized spacial score (nSPS) is 17.7. The second-order valence-electron chi connectivity index (χ2n) is 9.77. The zero-order valence-electron chi connectivity index (χ0n) is 21.6. The van der Waals surface area contributed by atoms with Gasteiger partial charge in [-0.15, -0.1) is 0 Å². The summed E-state index contributed by atoms with van der Waals surface area (Å²) in [6.07, 6.45) is 5.01. The first-order valence-corrected chi connectivity index (χ1v) is 12.2. The van der Waals surface area contributed by atoms with E-state index < -0.39 is 17.7 Å². The number of hydrogen-bond acceptors (Lipinski definition) is 7. The highest BCUT2D eigenvalue weighted by atomic mass is 16.5. The third kappa shape index (κ3) is 5.88. The number of ether oxygens (including phenoxy) is 1. The average molecular weight is 508 g/mol. The van der Waals surface area contributed by atoms with E-state index in [9.17, 15) is 14.4 Å². The van der Waals surface area contributed by atoms with Crippen molar-refractivity contribution in [2.75, 3.05) is 39.6 Å². The quantitative estimate of drug-likeness (QED) is 0.467. The maximum absolute atomic E-state index is 13.3. The van der Waals surface area contributed by atoms with Gasteiger partial charge in [-0.25, -0.2) is 4.98 Å². The Morgan fingerprint density at radius 2 is 2.00 bits per heavy atom. The van der Waals surface area contributed by atoms with Crippen LogP contribution in [-0.4, -0.2) is 76.6 Å². The molecular weight excluding hydrogens is 474 g/mol. The number of pyridine rings is 1. The molecule has 0 radical (unpaired) electrons. The molecular formula is C26H33N7O4. The zero-order chi connectivity index (χ0) is 26.7. The molecule has 3 heterocycles. The molecule has 1 saturated heterocycles. The van der Waals surface area contributed by atoms with Gasteiger partial charge in [-0.2, -0.15) is 5.10 Å². The topological polar surface area (TPSA) is 136 Å². The molecule has 11 heteroatoms. The van der Waals surface area contributed by atoms with E-state index in [1.54, 1.807) is 4.90 Å². The molecule has 1 fully saturated rings. The molecule has 11 nitrogen and oxygen atoms in total. The van der Waals surface area contributed by atoms with Gasteiger partial charge in [0.1, 0.15) is 5.56 Å². The number of likely N-dealkylation sites (tertiary alicyclic amines) is 1. The van der Waals surface area contributed by atoms with E-state index in [0.717, 1.165) is 42.4 Å². The van der Waals surface area contributed by atoms with Crippen molar-refractivity contribution in [3.63, 3.8) is 0 Å². The molecule has 4 rings (SSSR count). The number of primary amides is 1. The van der Waals surface area contributed by atoms with Crippen LogP contribution in [0.25, 0.3) is 10.9 Å². The minimum absolute atomic E-state index is 0.00976. The van der Waals surface area contributed by atoms with Crippen LogP contribution >= 0.6 is 0 Å². The van der Waals surface area contributed by atoms with Crippen LogP contribution in [0.1, 0.15) is 41.7 Å². The summed E-state index contributed by atoms with van der Waals surface area (Å²) in [5.74, 6) is -1.91. The van der Waals surface area contributed by atoms with Crippen LogP contribution in [0.4, 0.5) is 5.69 Å². The van der Waals surface area contributed by atoms with E-state index in [0.29, 0.717) is 6.54 Å². The van der Waals surface area contributed by atoms with Crippen LogP contribution in [0.15, 0.2) is 36.7 Å².